The molecule has 2 saturated heterocycles. The van der Waals surface area contributed by atoms with E-state index in [1.165, 1.54) is 0 Å². The second-order valence-corrected chi connectivity index (χ2v) is 6.79. The molecule has 3 rings (SSSR count). The van der Waals surface area contributed by atoms with Crippen molar-refractivity contribution in [2.24, 2.45) is 0 Å². The summed E-state index contributed by atoms with van der Waals surface area (Å²) in [5, 5.41) is 2.86. The second kappa shape index (κ2) is 8.21. The summed E-state index contributed by atoms with van der Waals surface area (Å²) in [4.78, 5) is 42.7. The number of piperazine rings is 1. The summed E-state index contributed by atoms with van der Waals surface area (Å²) in [6.07, 6.45) is 1.36. The molecule has 0 aromatic heterocycles. The standard InChI is InChI=1S/C19H26N4O3/c1-2-9-20-19(26)21-10-8-16-18(25)22(13-15-6-4-3-5-7-15)14-17(24)23(16)12-11-21/h3-7,16H,2,8-14H2,1H3,(H,20,26). The summed E-state index contributed by atoms with van der Waals surface area (Å²) in [7, 11) is 0. The van der Waals surface area contributed by atoms with Crippen LogP contribution >= 0.6 is 0 Å². The van der Waals surface area contributed by atoms with Crippen LogP contribution in [-0.4, -0.2) is 71.3 Å². The molecule has 2 fully saturated rings. The van der Waals surface area contributed by atoms with Crippen LogP contribution in [0.15, 0.2) is 30.3 Å². The molecule has 140 valence electrons. The Hall–Kier alpha value is -2.57. The van der Waals surface area contributed by atoms with Gasteiger partial charge in [-0.1, -0.05) is 37.3 Å². The van der Waals surface area contributed by atoms with Crippen molar-refractivity contribution in [3.8, 4) is 0 Å². The largest absolute Gasteiger partial charge is 0.338 e. The first-order valence-corrected chi connectivity index (χ1v) is 9.25. The maximum absolute atomic E-state index is 12.9. The molecule has 1 aromatic carbocycles. The maximum atomic E-state index is 12.9. The van der Waals surface area contributed by atoms with E-state index >= 15 is 0 Å². The van der Waals surface area contributed by atoms with E-state index in [0.717, 1.165) is 12.0 Å². The Morgan fingerprint density at radius 1 is 1.15 bits per heavy atom. The molecule has 2 aliphatic heterocycles. The quantitative estimate of drug-likeness (QED) is 0.874. The molecule has 0 spiro atoms. The predicted molar refractivity (Wildman–Crippen MR) is 97.2 cm³/mol. The Labute approximate surface area is 153 Å². The van der Waals surface area contributed by atoms with Crippen molar-refractivity contribution in [3.63, 3.8) is 0 Å². The summed E-state index contributed by atoms with van der Waals surface area (Å²) in [5.41, 5.74) is 1.01. The van der Waals surface area contributed by atoms with E-state index in [2.05, 4.69) is 5.32 Å². The fourth-order valence-corrected chi connectivity index (χ4v) is 3.51. The second-order valence-electron chi connectivity index (χ2n) is 6.79. The monoisotopic (exact) mass is 358 g/mol. The lowest BCUT2D eigenvalue weighted by atomic mass is 10.1. The van der Waals surface area contributed by atoms with E-state index < -0.39 is 6.04 Å². The number of amides is 4. The zero-order valence-corrected chi connectivity index (χ0v) is 15.2. The van der Waals surface area contributed by atoms with Gasteiger partial charge in [0.2, 0.25) is 11.8 Å². The van der Waals surface area contributed by atoms with Crippen molar-refractivity contribution < 1.29 is 14.4 Å². The fraction of sp³-hybridized carbons (Fsp3) is 0.526. The van der Waals surface area contributed by atoms with Crippen LogP contribution in [0.5, 0.6) is 0 Å². The first-order valence-electron chi connectivity index (χ1n) is 9.25. The molecule has 1 aromatic rings. The average molecular weight is 358 g/mol. The normalized spacial score (nSPS) is 20.7. The van der Waals surface area contributed by atoms with Crippen LogP contribution in [0.3, 0.4) is 0 Å². The van der Waals surface area contributed by atoms with Crippen LogP contribution in [-0.2, 0) is 16.1 Å². The Morgan fingerprint density at radius 3 is 2.65 bits per heavy atom. The lowest BCUT2D eigenvalue weighted by Crippen LogP contribution is -2.59. The molecular formula is C19H26N4O3. The van der Waals surface area contributed by atoms with Crippen molar-refractivity contribution in [1.29, 1.82) is 0 Å². The number of fused-ring (bicyclic) bond motifs is 1. The van der Waals surface area contributed by atoms with Gasteiger partial charge in [0, 0.05) is 32.7 Å². The summed E-state index contributed by atoms with van der Waals surface area (Å²) in [5.74, 6) is -0.0642. The Kier molecular flexibility index (Phi) is 5.75. The number of hydrogen-bond acceptors (Lipinski definition) is 3. The molecule has 0 aliphatic carbocycles. The van der Waals surface area contributed by atoms with E-state index in [-0.39, 0.29) is 24.4 Å². The Bertz CT molecular complexity index is 664. The van der Waals surface area contributed by atoms with Crippen LogP contribution < -0.4 is 5.32 Å². The number of urea groups is 1. The van der Waals surface area contributed by atoms with Crippen molar-refractivity contribution in [1.82, 2.24) is 20.0 Å². The smallest absolute Gasteiger partial charge is 0.317 e. The van der Waals surface area contributed by atoms with Gasteiger partial charge in [-0.05, 0) is 18.4 Å². The van der Waals surface area contributed by atoms with Crippen molar-refractivity contribution in [2.75, 3.05) is 32.7 Å². The molecule has 1 unspecified atom stereocenters. The zero-order chi connectivity index (χ0) is 18.5. The summed E-state index contributed by atoms with van der Waals surface area (Å²) >= 11 is 0. The van der Waals surface area contributed by atoms with Gasteiger partial charge in [0.15, 0.2) is 0 Å². The molecule has 4 amide bonds. The minimum Gasteiger partial charge on any atom is -0.338 e. The van der Waals surface area contributed by atoms with Gasteiger partial charge in [-0.15, -0.1) is 0 Å². The maximum Gasteiger partial charge on any atom is 0.317 e. The molecule has 1 N–H and O–H groups in total. The fourth-order valence-electron chi connectivity index (χ4n) is 3.51. The summed E-state index contributed by atoms with van der Waals surface area (Å²) < 4.78 is 0. The number of benzene rings is 1. The molecule has 2 aliphatic rings. The molecular weight excluding hydrogens is 332 g/mol. The van der Waals surface area contributed by atoms with E-state index in [9.17, 15) is 14.4 Å². The molecule has 1 atom stereocenters. The van der Waals surface area contributed by atoms with Gasteiger partial charge < -0.3 is 20.0 Å². The highest BCUT2D eigenvalue weighted by molar-refractivity contribution is 5.95. The molecule has 7 nitrogen and oxygen atoms in total. The first kappa shape index (κ1) is 18.2. The zero-order valence-electron chi connectivity index (χ0n) is 15.2. The minimum atomic E-state index is -0.469. The molecule has 0 saturated carbocycles. The number of rotatable bonds is 4. The molecule has 7 heteroatoms. The van der Waals surface area contributed by atoms with Crippen LogP contribution in [0, 0.1) is 0 Å². The molecule has 0 bridgehead atoms. The summed E-state index contributed by atoms with van der Waals surface area (Å²) in [6.45, 7) is 4.53. The Balaban J connectivity index is 1.67. The number of nitrogens with zero attached hydrogens (tertiary/aromatic N) is 3. The number of carbonyl (C=O) groups excluding carboxylic acids is 3. The molecule has 0 radical (unpaired) electrons. The highest BCUT2D eigenvalue weighted by Gasteiger charge is 2.41. The van der Waals surface area contributed by atoms with Gasteiger partial charge in [-0.3, -0.25) is 9.59 Å². The Morgan fingerprint density at radius 2 is 1.92 bits per heavy atom. The third-order valence-electron chi connectivity index (χ3n) is 4.93. The van der Waals surface area contributed by atoms with Crippen LogP contribution in [0.4, 0.5) is 4.79 Å². The van der Waals surface area contributed by atoms with E-state index in [0.29, 0.717) is 39.1 Å². The third kappa shape index (κ3) is 3.98. The van der Waals surface area contributed by atoms with Gasteiger partial charge in [-0.25, -0.2) is 4.79 Å². The number of nitrogens with one attached hydrogen (secondary N) is 1. The van der Waals surface area contributed by atoms with E-state index in [1.54, 1.807) is 14.7 Å². The average Bonchev–Trinajstić information content (AvgIpc) is 2.88. The lowest BCUT2D eigenvalue weighted by molar-refractivity contribution is -0.156. The molecule has 2 heterocycles. The van der Waals surface area contributed by atoms with E-state index in [4.69, 9.17) is 0 Å². The van der Waals surface area contributed by atoms with Crippen molar-refractivity contribution >= 4 is 17.8 Å². The van der Waals surface area contributed by atoms with Gasteiger partial charge in [0.25, 0.3) is 0 Å². The first-order chi connectivity index (χ1) is 12.6. The van der Waals surface area contributed by atoms with Crippen LogP contribution in [0.1, 0.15) is 25.3 Å². The summed E-state index contributed by atoms with van der Waals surface area (Å²) in [6, 6.07) is 9.11. The third-order valence-corrected chi connectivity index (χ3v) is 4.93. The minimum absolute atomic E-state index is 0.0238. The predicted octanol–water partition coefficient (Wildman–Crippen LogP) is 1.05. The van der Waals surface area contributed by atoms with Gasteiger partial charge >= 0.3 is 6.03 Å². The van der Waals surface area contributed by atoms with Gasteiger partial charge in [0.1, 0.15) is 12.6 Å². The number of hydrogen-bond donors (Lipinski definition) is 1. The van der Waals surface area contributed by atoms with Gasteiger partial charge in [0.05, 0.1) is 0 Å². The van der Waals surface area contributed by atoms with Crippen molar-refractivity contribution in [2.45, 2.75) is 32.4 Å². The lowest BCUT2D eigenvalue weighted by Gasteiger charge is -2.39. The van der Waals surface area contributed by atoms with Crippen LogP contribution in [0.25, 0.3) is 0 Å². The highest BCUT2D eigenvalue weighted by atomic mass is 16.2. The molecule has 26 heavy (non-hydrogen) atoms. The van der Waals surface area contributed by atoms with E-state index in [1.807, 2.05) is 37.3 Å². The SMILES string of the molecule is CCCNC(=O)N1CCC2C(=O)N(Cc3ccccc3)CC(=O)N2CC1. The number of carbonyl (C=O) groups is 3. The highest BCUT2D eigenvalue weighted by Crippen LogP contribution is 2.20. The van der Waals surface area contributed by atoms with Crippen LogP contribution in [0.2, 0.25) is 0 Å². The topological polar surface area (TPSA) is 73.0 Å². The van der Waals surface area contributed by atoms with Gasteiger partial charge in [-0.2, -0.15) is 0 Å². The van der Waals surface area contributed by atoms with Crippen molar-refractivity contribution in [3.05, 3.63) is 35.9 Å².